The number of rotatable bonds is 8. The van der Waals surface area contributed by atoms with Crippen molar-refractivity contribution in [1.29, 1.82) is 0 Å². The van der Waals surface area contributed by atoms with Crippen molar-refractivity contribution in [2.75, 3.05) is 6.61 Å². The molecule has 0 bridgehead atoms. The van der Waals surface area contributed by atoms with Crippen LogP contribution in [0.15, 0.2) is 0 Å². The number of hydrogen-bond donors (Lipinski definition) is 8. The van der Waals surface area contributed by atoms with Crippen LogP contribution in [-0.4, -0.2) is 90.1 Å². The third-order valence-corrected chi connectivity index (χ3v) is 2.41. The molecule has 0 amide bonds. The lowest BCUT2D eigenvalue weighted by Crippen LogP contribution is -2.53. The van der Waals surface area contributed by atoms with Crippen LogP contribution in [-0.2, 0) is 4.79 Å². The molecule has 9 nitrogen and oxygen atoms in total. The average Bonchev–Trinajstić information content (AvgIpc) is 2.33. The van der Waals surface area contributed by atoms with Gasteiger partial charge in [-0.15, -0.1) is 0 Å². The average molecular weight is 270 g/mol. The number of aliphatic carboxylic acids is 1. The zero-order valence-corrected chi connectivity index (χ0v) is 9.36. The summed E-state index contributed by atoms with van der Waals surface area (Å²) in [4.78, 5) is 10.3. The first-order chi connectivity index (χ1) is 8.22. The van der Waals surface area contributed by atoms with Crippen molar-refractivity contribution in [3.05, 3.63) is 0 Å². The van der Waals surface area contributed by atoms with E-state index in [4.69, 9.17) is 15.3 Å². The van der Waals surface area contributed by atoms with Gasteiger partial charge in [0, 0.05) is 0 Å². The zero-order valence-electron chi connectivity index (χ0n) is 9.36. The SMILES string of the molecule is O=C(O)CC(O)C(O)C(O)C(O)C(O)C(O)CO. The van der Waals surface area contributed by atoms with Crippen molar-refractivity contribution in [3.63, 3.8) is 0 Å². The highest BCUT2D eigenvalue weighted by Crippen LogP contribution is 2.12. The van der Waals surface area contributed by atoms with E-state index in [0.717, 1.165) is 0 Å². The predicted molar refractivity (Wildman–Crippen MR) is 55.4 cm³/mol. The molecule has 0 aliphatic carbocycles. The maximum Gasteiger partial charge on any atom is 0.306 e. The Hall–Kier alpha value is -0.810. The van der Waals surface area contributed by atoms with Gasteiger partial charge >= 0.3 is 5.97 Å². The van der Waals surface area contributed by atoms with Crippen LogP contribution in [0.3, 0.4) is 0 Å². The Morgan fingerprint density at radius 1 is 0.778 bits per heavy atom. The van der Waals surface area contributed by atoms with E-state index in [1.807, 2.05) is 0 Å². The van der Waals surface area contributed by atoms with Crippen LogP contribution in [0.4, 0.5) is 0 Å². The summed E-state index contributed by atoms with van der Waals surface area (Å²) in [5, 5.41) is 72.4. The van der Waals surface area contributed by atoms with Crippen LogP contribution < -0.4 is 0 Å². The summed E-state index contributed by atoms with van der Waals surface area (Å²) in [6, 6.07) is 0. The van der Waals surface area contributed by atoms with E-state index in [1.54, 1.807) is 0 Å². The number of carbonyl (C=O) groups is 1. The van der Waals surface area contributed by atoms with Gasteiger partial charge in [-0.05, 0) is 0 Å². The fourth-order valence-corrected chi connectivity index (χ4v) is 1.27. The third-order valence-electron chi connectivity index (χ3n) is 2.41. The van der Waals surface area contributed by atoms with Gasteiger partial charge in [-0.3, -0.25) is 4.79 Å². The molecular formula is C9H18O9. The van der Waals surface area contributed by atoms with Crippen LogP contribution in [0.25, 0.3) is 0 Å². The molecule has 0 radical (unpaired) electrons. The molecule has 0 fully saturated rings. The fourth-order valence-electron chi connectivity index (χ4n) is 1.27. The van der Waals surface area contributed by atoms with Gasteiger partial charge in [-0.25, -0.2) is 0 Å². The molecule has 0 aromatic heterocycles. The molecule has 0 spiro atoms. The van der Waals surface area contributed by atoms with Crippen LogP contribution in [0.2, 0.25) is 0 Å². The molecule has 0 aliphatic rings. The Morgan fingerprint density at radius 2 is 1.17 bits per heavy atom. The second-order valence-electron chi connectivity index (χ2n) is 3.88. The number of carboxylic acids is 1. The first-order valence-electron chi connectivity index (χ1n) is 5.13. The molecule has 0 aliphatic heterocycles. The van der Waals surface area contributed by atoms with E-state index in [0.29, 0.717) is 0 Å². The molecule has 108 valence electrons. The summed E-state index contributed by atoms with van der Waals surface area (Å²) < 4.78 is 0. The normalized spacial score (nSPS) is 21.7. The molecule has 0 saturated carbocycles. The largest absolute Gasteiger partial charge is 0.481 e. The van der Waals surface area contributed by atoms with Crippen LogP contribution in [0.5, 0.6) is 0 Å². The summed E-state index contributed by atoms with van der Waals surface area (Å²) in [6.07, 6.45) is -12.6. The standard InChI is InChI=1S/C9H18O9/c10-2-4(12)7(16)9(18)8(17)6(15)3(11)1-5(13)14/h3-4,6-12,15-18H,1-2H2,(H,13,14). The summed E-state index contributed by atoms with van der Waals surface area (Å²) >= 11 is 0. The summed E-state index contributed by atoms with van der Waals surface area (Å²) in [7, 11) is 0. The number of aliphatic hydroxyl groups excluding tert-OH is 7. The lowest BCUT2D eigenvalue weighted by atomic mass is 9.95. The highest BCUT2D eigenvalue weighted by Gasteiger charge is 2.37. The lowest BCUT2D eigenvalue weighted by Gasteiger charge is -2.30. The molecule has 0 aromatic carbocycles. The van der Waals surface area contributed by atoms with E-state index in [-0.39, 0.29) is 0 Å². The quantitative estimate of drug-likeness (QED) is 0.216. The third kappa shape index (κ3) is 4.82. The number of hydrogen-bond acceptors (Lipinski definition) is 8. The second-order valence-corrected chi connectivity index (χ2v) is 3.88. The Bertz CT molecular complexity index is 258. The maximum atomic E-state index is 10.3. The van der Waals surface area contributed by atoms with Gasteiger partial charge in [0.05, 0.1) is 19.1 Å². The second kappa shape index (κ2) is 7.59. The summed E-state index contributed by atoms with van der Waals surface area (Å²) in [6.45, 7) is -0.890. The Morgan fingerprint density at radius 3 is 1.50 bits per heavy atom. The van der Waals surface area contributed by atoms with Crippen molar-refractivity contribution in [2.24, 2.45) is 0 Å². The Labute approximate surface area is 102 Å². The van der Waals surface area contributed by atoms with Crippen LogP contribution in [0.1, 0.15) is 6.42 Å². The molecule has 18 heavy (non-hydrogen) atoms. The molecule has 6 unspecified atom stereocenters. The first-order valence-corrected chi connectivity index (χ1v) is 5.13. The monoisotopic (exact) mass is 270 g/mol. The highest BCUT2D eigenvalue weighted by atomic mass is 16.4. The van der Waals surface area contributed by atoms with E-state index in [1.165, 1.54) is 0 Å². The smallest absolute Gasteiger partial charge is 0.306 e. The van der Waals surface area contributed by atoms with E-state index in [2.05, 4.69) is 0 Å². The van der Waals surface area contributed by atoms with E-state index >= 15 is 0 Å². The topological polar surface area (TPSA) is 179 Å². The van der Waals surface area contributed by atoms with E-state index in [9.17, 15) is 30.3 Å². The number of aliphatic hydroxyl groups is 7. The highest BCUT2D eigenvalue weighted by molar-refractivity contribution is 5.67. The van der Waals surface area contributed by atoms with Gasteiger partial charge in [0.15, 0.2) is 0 Å². The molecule has 0 aromatic rings. The van der Waals surface area contributed by atoms with E-state index < -0.39 is 55.6 Å². The van der Waals surface area contributed by atoms with Gasteiger partial charge in [0.25, 0.3) is 0 Å². The van der Waals surface area contributed by atoms with Crippen LogP contribution in [0, 0.1) is 0 Å². The molecule has 0 saturated heterocycles. The molecule has 8 N–H and O–H groups in total. The van der Waals surface area contributed by atoms with Crippen molar-refractivity contribution in [1.82, 2.24) is 0 Å². The molecule has 9 heteroatoms. The van der Waals surface area contributed by atoms with Gasteiger partial charge in [0.2, 0.25) is 0 Å². The Balaban J connectivity index is 4.52. The van der Waals surface area contributed by atoms with Gasteiger partial charge in [0.1, 0.15) is 30.5 Å². The zero-order chi connectivity index (χ0) is 14.5. The lowest BCUT2D eigenvalue weighted by molar-refractivity contribution is -0.163. The molecule has 6 atom stereocenters. The van der Waals surface area contributed by atoms with Gasteiger partial charge in [-0.2, -0.15) is 0 Å². The minimum absolute atomic E-state index is 0.871. The molecule has 0 rings (SSSR count). The van der Waals surface area contributed by atoms with Crippen molar-refractivity contribution < 1.29 is 45.6 Å². The molecular weight excluding hydrogens is 252 g/mol. The Kier molecular flexibility index (Phi) is 7.25. The van der Waals surface area contributed by atoms with Crippen molar-refractivity contribution >= 4 is 5.97 Å². The summed E-state index contributed by atoms with van der Waals surface area (Å²) in [5.74, 6) is -1.43. The first kappa shape index (κ1) is 17.2. The minimum atomic E-state index is -2.09. The van der Waals surface area contributed by atoms with Gasteiger partial charge < -0.3 is 40.9 Å². The fraction of sp³-hybridized carbons (Fsp3) is 0.889. The van der Waals surface area contributed by atoms with Crippen LogP contribution >= 0.6 is 0 Å². The maximum absolute atomic E-state index is 10.3. The summed E-state index contributed by atoms with van der Waals surface area (Å²) in [5.41, 5.74) is 0. The molecule has 0 heterocycles. The predicted octanol–water partition coefficient (Wildman–Crippen LogP) is -4.38. The van der Waals surface area contributed by atoms with Crippen molar-refractivity contribution in [3.8, 4) is 0 Å². The number of carboxylic acid groups (broad SMARTS) is 1. The minimum Gasteiger partial charge on any atom is -0.481 e. The van der Waals surface area contributed by atoms with Crippen molar-refractivity contribution in [2.45, 2.75) is 43.0 Å². The van der Waals surface area contributed by atoms with Gasteiger partial charge in [-0.1, -0.05) is 0 Å².